The zero-order valence-electron chi connectivity index (χ0n) is 18.4. The lowest BCUT2D eigenvalue weighted by molar-refractivity contribution is 0.310. The maximum absolute atomic E-state index is 12.9. The fourth-order valence-electron chi connectivity index (χ4n) is 2.74. The molecule has 0 aliphatic heterocycles. The molecule has 0 saturated heterocycles. The molecule has 0 radical (unpaired) electrons. The molecule has 9 heteroatoms. The second-order valence-corrected chi connectivity index (χ2v) is 6.31. The SMILES string of the molecule is CCNC(=NCc1cc(OC)c(OC)c(OC)c1)NCCCOc1ccc(F)cc1.I. The van der Waals surface area contributed by atoms with E-state index in [-0.39, 0.29) is 29.8 Å². The van der Waals surface area contributed by atoms with Crippen molar-refractivity contribution in [3.63, 3.8) is 0 Å². The van der Waals surface area contributed by atoms with Gasteiger partial charge in [0.1, 0.15) is 11.6 Å². The number of guanidine groups is 1. The number of rotatable bonds is 11. The van der Waals surface area contributed by atoms with Crippen molar-refractivity contribution in [2.45, 2.75) is 19.9 Å². The Morgan fingerprint density at radius 3 is 2.16 bits per heavy atom. The summed E-state index contributed by atoms with van der Waals surface area (Å²) in [7, 11) is 4.75. The van der Waals surface area contributed by atoms with Gasteiger partial charge in [-0.1, -0.05) is 0 Å². The summed E-state index contributed by atoms with van der Waals surface area (Å²) >= 11 is 0. The van der Waals surface area contributed by atoms with Crippen LogP contribution >= 0.6 is 24.0 Å². The molecule has 0 spiro atoms. The Kier molecular flexibility index (Phi) is 12.5. The molecule has 0 unspecified atom stereocenters. The van der Waals surface area contributed by atoms with Gasteiger partial charge < -0.3 is 29.6 Å². The van der Waals surface area contributed by atoms with Crippen LogP contribution in [0.1, 0.15) is 18.9 Å². The van der Waals surface area contributed by atoms with E-state index < -0.39 is 0 Å². The third-order valence-electron chi connectivity index (χ3n) is 4.18. The van der Waals surface area contributed by atoms with E-state index in [0.29, 0.717) is 48.7 Å². The van der Waals surface area contributed by atoms with Gasteiger partial charge in [0.05, 0.1) is 34.5 Å². The standard InChI is InChI=1S/C22H30FN3O4.HI/c1-5-24-22(25-11-6-12-30-18-9-7-17(23)8-10-18)26-15-16-13-19(27-2)21(29-4)20(14-16)28-3;/h7-10,13-14H,5-6,11-12,15H2,1-4H3,(H2,24,25,26);1H. The maximum atomic E-state index is 12.9. The molecule has 0 aromatic heterocycles. The van der Waals surface area contributed by atoms with Gasteiger partial charge in [-0.15, -0.1) is 24.0 Å². The largest absolute Gasteiger partial charge is 0.494 e. The van der Waals surface area contributed by atoms with E-state index in [4.69, 9.17) is 18.9 Å². The Morgan fingerprint density at radius 2 is 1.61 bits per heavy atom. The number of halogens is 2. The zero-order valence-corrected chi connectivity index (χ0v) is 20.7. The fraction of sp³-hybridized carbons (Fsp3) is 0.409. The Bertz CT molecular complexity index is 794. The summed E-state index contributed by atoms with van der Waals surface area (Å²) in [6.45, 7) is 4.40. The molecule has 7 nitrogen and oxygen atoms in total. The van der Waals surface area contributed by atoms with Crippen molar-refractivity contribution in [1.82, 2.24) is 10.6 Å². The Labute approximate surface area is 200 Å². The summed E-state index contributed by atoms with van der Waals surface area (Å²) in [5.74, 6) is 2.82. The van der Waals surface area contributed by atoms with Crippen molar-refractivity contribution in [3.8, 4) is 23.0 Å². The maximum Gasteiger partial charge on any atom is 0.203 e. The summed E-state index contributed by atoms with van der Waals surface area (Å²) < 4.78 is 34.6. The second kappa shape index (κ2) is 14.6. The second-order valence-electron chi connectivity index (χ2n) is 6.31. The molecular formula is C22H31FIN3O4. The van der Waals surface area contributed by atoms with E-state index in [1.165, 1.54) is 12.1 Å². The molecule has 0 heterocycles. The van der Waals surface area contributed by atoms with Gasteiger partial charge >= 0.3 is 0 Å². The molecular weight excluding hydrogens is 516 g/mol. The lowest BCUT2D eigenvalue weighted by Gasteiger charge is -2.14. The van der Waals surface area contributed by atoms with Gasteiger partial charge in [0, 0.05) is 13.1 Å². The molecule has 2 N–H and O–H groups in total. The van der Waals surface area contributed by atoms with Crippen molar-refractivity contribution in [2.75, 3.05) is 41.0 Å². The van der Waals surface area contributed by atoms with E-state index in [9.17, 15) is 4.39 Å². The first kappa shape index (κ1) is 26.6. The van der Waals surface area contributed by atoms with E-state index >= 15 is 0 Å². The number of aliphatic imine (C=N–C) groups is 1. The summed E-state index contributed by atoms with van der Waals surface area (Å²) in [6, 6.07) is 9.76. The van der Waals surface area contributed by atoms with Crippen molar-refractivity contribution in [1.29, 1.82) is 0 Å². The summed E-state index contributed by atoms with van der Waals surface area (Å²) in [4.78, 5) is 4.62. The highest BCUT2D eigenvalue weighted by Gasteiger charge is 2.13. The fourth-order valence-corrected chi connectivity index (χ4v) is 2.74. The molecule has 0 atom stereocenters. The van der Waals surface area contributed by atoms with Gasteiger partial charge in [-0.3, -0.25) is 0 Å². The number of ether oxygens (including phenoxy) is 4. The highest BCUT2D eigenvalue weighted by molar-refractivity contribution is 14.0. The van der Waals surface area contributed by atoms with Crippen LogP contribution in [0.5, 0.6) is 23.0 Å². The lowest BCUT2D eigenvalue weighted by Crippen LogP contribution is -2.38. The lowest BCUT2D eigenvalue weighted by atomic mass is 10.2. The van der Waals surface area contributed by atoms with E-state index in [1.54, 1.807) is 33.5 Å². The summed E-state index contributed by atoms with van der Waals surface area (Å²) in [5, 5.41) is 6.49. The summed E-state index contributed by atoms with van der Waals surface area (Å²) in [6.07, 6.45) is 0.770. The van der Waals surface area contributed by atoms with Crippen molar-refractivity contribution >= 4 is 29.9 Å². The van der Waals surface area contributed by atoms with Crippen LogP contribution in [-0.4, -0.2) is 47.0 Å². The smallest absolute Gasteiger partial charge is 0.203 e. The highest BCUT2D eigenvalue weighted by Crippen LogP contribution is 2.38. The third kappa shape index (κ3) is 8.68. The number of nitrogens with one attached hydrogen (secondary N) is 2. The molecule has 0 saturated carbocycles. The Hall–Kier alpha value is -2.43. The quantitative estimate of drug-likeness (QED) is 0.192. The molecule has 2 aromatic rings. The molecule has 0 aliphatic carbocycles. The Balaban J connectivity index is 0.00000480. The van der Waals surface area contributed by atoms with E-state index in [1.807, 2.05) is 19.1 Å². The van der Waals surface area contributed by atoms with Gasteiger partial charge in [0.25, 0.3) is 0 Å². The van der Waals surface area contributed by atoms with Crippen LogP contribution < -0.4 is 29.6 Å². The predicted octanol–water partition coefficient (Wildman–Crippen LogP) is 3.99. The minimum atomic E-state index is -0.275. The van der Waals surface area contributed by atoms with Crippen LogP contribution in [0.2, 0.25) is 0 Å². The average Bonchev–Trinajstić information content (AvgIpc) is 2.77. The highest BCUT2D eigenvalue weighted by atomic mass is 127. The zero-order chi connectivity index (χ0) is 21.8. The topological polar surface area (TPSA) is 73.3 Å². The van der Waals surface area contributed by atoms with Crippen LogP contribution in [0.15, 0.2) is 41.4 Å². The molecule has 2 rings (SSSR count). The van der Waals surface area contributed by atoms with E-state index in [2.05, 4.69) is 15.6 Å². The minimum Gasteiger partial charge on any atom is -0.494 e. The first-order valence-electron chi connectivity index (χ1n) is 9.80. The minimum absolute atomic E-state index is 0. The van der Waals surface area contributed by atoms with Gasteiger partial charge in [0.2, 0.25) is 5.75 Å². The first-order valence-corrected chi connectivity index (χ1v) is 9.80. The number of hydrogen-bond acceptors (Lipinski definition) is 5. The normalized spacial score (nSPS) is 10.7. The number of nitrogens with zero attached hydrogens (tertiary/aromatic N) is 1. The molecule has 0 bridgehead atoms. The van der Waals surface area contributed by atoms with Crippen molar-refractivity contribution in [2.24, 2.45) is 4.99 Å². The van der Waals surface area contributed by atoms with Crippen LogP contribution in [0.25, 0.3) is 0 Å². The van der Waals surface area contributed by atoms with Crippen LogP contribution in [0, 0.1) is 5.82 Å². The first-order chi connectivity index (χ1) is 14.6. The number of benzene rings is 2. The average molecular weight is 547 g/mol. The van der Waals surface area contributed by atoms with Crippen molar-refractivity contribution in [3.05, 3.63) is 47.8 Å². The van der Waals surface area contributed by atoms with Crippen molar-refractivity contribution < 1.29 is 23.3 Å². The molecule has 0 amide bonds. The summed E-state index contributed by atoms with van der Waals surface area (Å²) in [5.41, 5.74) is 0.932. The van der Waals surface area contributed by atoms with Crippen LogP contribution in [-0.2, 0) is 6.54 Å². The van der Waals surface area contributed by atoms with Crippen LogP contribution in [0.3, 0.4) is 0 Å². The molecule has 0 fully saturated rings. The Morgan fingerprint density at radius 1 is 0.968 bits per heavy atom. The number of methoxy groups -OCH3 is 3. The predicted molar refractivity (Wildman–Crippen MR) is 131 cm³/mol. The monoisotopic (exact) mass is 547 g/mol. The molecule has 2 aromatic carbocycles. The van der Waals surface area contributed by atoms with Gasteiger partial charge in [-0.25, -0.2) is 9.38 Å². The third-order valence-corrected chi connectivity index (χ3v) is 4.18. The molecule has 31 heavy (non-hydrogen) atoms. The molecule has 172 valence electrons. The van der Waals surface area contributed by atoms with Gasteiger partial charge in [-0.2, -0.15) is 0 Å². The van der Waals surface area contributed by atoms with Gasteiger partial charge in [0.15, 0.2) is 17.5 Å². The van der Waals surface area contributed by atoms with Crippen LogP contribution in [0.4, 0.5) is 4.39 Å². The molecule has 0 aliphatic rings. The van der Waals surface area contributed by atoms with E-state index in [0.717, 1.165) is 18.5 Å². The number of hydrogen-bond donors (Lipinski definition) is 2. The van der Waals surface area contributed by atoms with Gasteiger partial charge in [-0.05, 0) is 55.3 Å².